The maximum absolute atomic E-state index is 8.89. The van der Waals surface area contributed by atoms with E-state index in [2.05, 4.69) is 45.0 Å². The van der Waals surface area contributed by atoms with Gasteiger partial charge in [-0.2, -0.15) is 5.26 Å². The molecule has 136 valence electrons. The van der Waals surface area contributed by atoms with Crippen molar-refractivity contribution in [1.82, 2.24) is 14.9 Å². The third-order valence-electron chi connectivity index (χ3n) is 4.93. The molecule has 0 unspecified atom stereocenters. The maximum atomic E-state index is 8.89. The van der Waals surface area contributed by atoms with Gasteiger partial charge < -0.3 is 9.64 Å². The summed E-state index contributed by atoms with van der Waals surface area (Å²) in [5.41, 5.74) is 1.98. The second-order valence-corrected chi connectivity index (χ2v) is 6.80. The first kappa shape index (κ1) is 18.2. The molecule has 2 heterocycles. The number of likely N-dealkylation sites (tertiary alicyclic amines) is 1. The Balaban J connectivity index is 1.49. The molecule has 0 N–H and O–H groups in total. The summed E-state index contributed by atoms with van der Waals surface area (Å²) in [6.45, 7) is 4.10. The molecule has 3 rings (SSSR count). The predicted molar refractivity (Wildman–Crippen MR) is 101 cm³/mol. The van der Waals surface area contributed by atoms with Gasteiger partial charge in [0.25, 0.3) is 5.88 Å². The molecule has 1 aliphatic rings. The zero-order valence-corrected chi connectivity index (χ0v) is 15.4. The lowest BCUT2D eigenvalue weighted by atomic mass is 9.96. The molecule has 2 aromatic rings. The van der Waals surface area contributed by atoms with Crippen molar-refractivity contribution in [3.63, 3.8) is 0 Å². The third kappa shape index (κ3) is 4.50. The number of nitrogens with zero attached hydrogens (tertiary/aromatic N) is 5. The van der Waals surface area contributed by atoms with E-state index in [-0.39, 0.29) is 0 Å². The molecule has 0 saturated carbocycles. The highest BCUT2D eigenvalue weighted by Gasteiger charge is 2.22. The van der Waals surface area contributed by atoms with Gasteiger partial charge in [-0.25, -0.2) is 9.97 Å². The molecule has 0 atom stereocenters. The number of hydrogen-bond acceptors (Lipinski definition) is 6. The predicted octanol–water partition coefficient (Wildman–Crippen LogP) is 2.71. The van der Waals surface area contributed by atoms with Gasteiger partial charge in [0.15, 0.2) is 5.82 Å². The number of benzene rings is 1. The van der Waals surface area contributed by atoms with Crippen LogP contribution in [0, 0.1) is 17.2 Å². The Morgan fingerprint density at radius 2 is 1.88 bits per heavy atom. The van der Waals surface area contributed by atoms with E-state index in [9.17, 15) is 0 Å². The summed E-state index contributed by atoms with van der Waals surface area (Å²) in [5, 5.41) is 8.89. The summed E-state index contributed by atoms with van der Waals surface area (Å²) < 4.78 is 5.31. The first-order valence-electron chi connectivity index (χ1n) is 8.97. The summed E-state index contributed by atoms with van der Waals surface area (Å²) in [4.78, 5) is 13.3. The number of rotatable bonds is 6. The molecule has 0 radical (unpaired) electrons. The summed E-state index contributed by atoms with van der Waals surface area (Å²) in [6.07, 6.45) is 5.69. The van der Waals surface area contributed by atoms with Crippen molar-refractivity contribution < 1.29 is 4.74 Å². The summed E-state index contributed by atoms with van der Waals surface area (Å²) in [5.74, 6) is 2.02. The first-order chi connectivity index (χ1) is 12.7. The molecule has 0 spiro atoms. The number of methoxy groups -OCH3 is 1. The molecular formula is C20H25N5O. The Morgan fingerprint density at radius 1 is 1.19 bits per heavy atom. The zero-order valence-electron chi connectivity index (χ0n) is 15.4. The SMILES string of the molecule is COc1nccnc1N(C)CC1CCN(Cc2ccc(C#N)cc2)CC1. The van der Waals surface area contributed by atoms with Crippen LogP contribution in [0.15, 0.2) is 36.7 Å². The van der Waals surface area contributed by atoms with Crippen molar-refractivity contribution in [1.29, 1.82) is 5.26 Å². The fourth-order valence-electron chi connectivity index (χ4n) is 3.47. The molecule has 1 fully saturated rings. The van der Waals surface area contributed by atoms with Gasteiger partial charge in [-0.3, -0.25) is 4.90 Å². The monoisotopic (exact) mass is 351 g/mol. The van der Waals surface area contributed by atoms with Gasteiger partial charge in [0.1, 0.15) is 0 Å². The molecule has 26 heavy (non-hydrogen) atoms. The van der Waals surface area contributed by atoms with Crippen LogP contribution in [-0.2, 0) is 6.54 Å². The first-order valence-corrected chi connectivity index (χ1v) is 8.97. The quantitative estimate of drug-likeness (QED) is 0.797. The molecule has 6 nitrogen and oxygen atoms in total. The number of nitriles is 1. The largest absolute Gasteiger partial charge is 0.478 e. The molecule has 1 aliphatic heterocycles. The van der Waals surface area contributed by atoms with Crippen molar-refractivity contribution in [2.75, 3.05) is 38.7 Å². The molecule has 1 aromatic heterocycles. The van der Waals surface area contributed by atoms with Gasteiger partial charge in [-0.1, -0.05) is 12.1 Å². The van der Waals surface area contributed by atoms with Crippen molar-refractivity contribution in [2.45, 2.75) is 19.4 Å². The standard InChI is InChI=1S/C20H25N5O/c1-24(19-20(26-2)23-10-9-22-19)14-18-7-11-25(12-8-18)15-17-5-3-16(13-21)4-6-17/h3-6,9-10,18H,7-8,11-12,14-15H2,1-2H3. The van der Waals surface area contributed by atoms with Crippen LogP contribution < -0.4 is 9.64 Å². The number of hydrogen-bond donors (Lipinski definition) is 0. The summed E-state index contributed by atoms with van der Waals surface area (Å²) >= 11 is 0. The lowest BCUT2D eigenvalue weighted by Gasteiger charge is -2.34. The minimum atomic E-state index is 0.577. The summed E-state index contributed by atoms with van der Waals surface area (Å²) in [7, 11) is 3.68. The van der Waals surface area contributed by atoms with E-state index in [1.54, 1.807) is 19.5 Å². The molecule has 0 amide bonds. The van der Waals surface area contributed by atoms with Gasteiger partial charge in [-0.15, -0.1) is 0 Å². The van der Waals surface area contributed by atoms with Crippen molar-refractivity contribution in [3.8, 4) is 11.9 Å². The van der Waals surface area contributed by atoms with Gasteiger partial charge in [0.05, 0.1) is 18.7 Å². The topological polar surface area (TPSA) is 65.3 Å². The summed E-state index contributed by atoms with van der Waals surface area (Å²) in [6, 6.07) is 10.1. The van der Waals surface area contributed by atoms with E-state index in [0.29, 0.717) is 11.8 Å². The van der Waals surface area contributed by atoms with Crippen LogP contribution in [0.1, 0.15) is 24.0 Å². The van der Waals surface area contributed by atoms with Crippen LogP contribution in [0.5, 0.6) is 5.88 Å². The van der Waals surface area contributed by atoms with Crippen LogP contribution in [0.4, 0.5) is 5.82 Å². The van der Waals surface area contributed by atoms with Crippen LogP contribution in [0.25, 0.3) is 0 Å². The molecule has 1 aromatic carbocycles. The Kier molecular flexibility index (Phi) is 6.03. The lowest BCUT2D eigenvalue weighted by molar-refractivity contribution is 0.179. The smallest absolute Gasteiger partial charge is 0.257 e. The molecule has 0 bridgehead atoms. The van der Waals surface area contributed by atoms with E-state index >= 15 is 0 Å². The third-order valence-corrected chi connectivity index (χ3v) is 4.93. The molecule has 1 saturated heterocycles. The van der Waals surface area contributed by atoms with Crippen LogP contribution in [-0.4, -0.2) is 48.7 Å². The normalized spacial score (nSPS) is 15.4. The average Bonchev–Trinajstić information content (AvgIpc) is 2.70. The van der Waals surface area contributed by atoms with Gasteiger partial charge in [-0.05, 0) is 49.5 Å². The van der Waals surface area contributed by atoms with Crippen molar-refractivity contribution in [3.05, 3.63) is 47.8 Å². The van der Waals surface area contributed by atoms with E-state index in [4.69, 9.17) is 10.00 Å². The van der Waals surface area contributed by atoms with E-state index in [0.717, 1.165) is 37.6 Å². The Labute approximate surface area is 155 Å². The second kappa shape index (κ2) is 8.63. The minimum Gasteiger partial charge on any atom is -0.478 e. The van der Waals surface area contributed by atoms with Crippen LogP contribution in [0.2, 0.25) is 0 Å². The Hall–Kier alpha value is -2.65. The highest BCUT2D eigenvalue weighted by molar-refractivity contribution is 5.46. The number of piperidine rings is 1. The number of ether oxygens (including phenoxy) is 1. The van der Waals surface area contributed by atoms with Crippen LogP contribution in [0.3, 0.4) is 0 Å². The lowest BCUT2D eigenvalue weighted by Crippen LogP contribution is -2.37. The Bertz CT molecular complexity index is 748. The van der Waals surface area contributed by atoms with Crippen molar-refractivity contribution >= 4 is 5.82 Å². The van der Waals surface area contributed by atoms with Gasteiger partial charge in [0.2, 0.25) is 0 Å². The highest BCUT2D eigenvalue weighted by atomic mass is 16.5. The number of aromatic nitrogens is 2. The molecule has 0 aliphatic carbocycles. The molecular weight excluding hydrogens is 326 g/mol. The van der Waals surface area contributed by atoms with E-state index in [1.165, 1.54) is 18.4 Å². The fraction of sp³-hybridized carbons (Fsp3) is 0.450. The van der Waals surface area contributed by atoms with Crippen LogP contribution >= 0.6 is 0 Å². The number of anilines is 1. The second-order valence-electron chi connectivity index (χ2n) is 6.80. The maximum Gasteiger partial charge on any atom is 0.257 e. The minimum absolute atomic E-state index is 0.577. The Morgan fingerprint density at radius 3 is 2.54 bits per heavy atom. The highest BCUT2D eigenvalue weighted by Crippen LogP contribution is 2.25. The average molecular weight is 351 g/mol. The van der Waals surface area contributed by atoms with E-state index in [1.807, 2.05) is 12.1 Å². The van der Waals surface area contributed by atoms with Gasteiger partial charge in [0, 0.05) is 32.5 Å². The fourth-order valence-corrected chi connectivity index (χ4v) is 3.47. The zero-order chi connectivity index (χ0) is 18.4. The van der Waals surface area contributed by atoms with E-state index < -0.39 is 0 Å². The molecule has 6 heteroatoms. The van der Waals surface area contributed by atoms with Gasteiger partial charge >= 0.3 is 0 Å². The van der Waals surface area contributed by atoms with Crippen molar-refractivity contribution in [2.24, 2.45) is 5.92 Å².